The van der Waals surface area contributed by atoms with E-state index in [2.05, 4.69) is 456 Å². The molecular weight excluding hydrogens is 1550 g/mol. The molecule has 6 nitrogen and oxygen atoms in total. The second-order valence-corrected chi connectivity index (χ2v) is 34.0. The maximum Gasteiger partial charge on any atom is 0.143 e. The van der Waals surface area contributed by atoms with E-state index < -0.39 is 0 Å². The minimum atomic E-state index is 0.897. The van der Waals surface area contributed by atoms with Gasteiger partial charge in [0.05, 0.1) is 16.6 Å². The third-order valence-corrected chi connectivity index (χ3v) is 26.5. The van der Waals surface area contributed by atoms with Gasteiger partial charge in [-0.1, -0.05) is 328 Å². The molecule has 0 saturated carbocycles. The Morgan fingerprint density at radius 1 is 0.227 bits per heavy atom. The number of hydrogen-bond acceptors (Lipinski definition) is 4. The van der Waals surface area contributed by atoms with Crippen LogP contribution < -0.4 is 9.80 Å². The number of para-hydroxylation sites is 6. The monoisotopic (exact) mass is 1640 g/mol. The number of anilines is 6. The lowest BCUT2D eigenvalue weighted by molar-refractivity contribution is 0.547. The highest BCUT2D eigenvalue weighted by Crippen LogP contribution is 2.46. The SMILES string of the molecule is C1=Cc2c(oc3c(-c4ccc(N(c5ccc(-c6ccc(-c7ccc(CCc8ccc(-c9ccc(-c%10ccc(N(c%11ccc(-c%12ccc(-n%13c%14c(c%15ccccc%15%13)C=CCC%14)cc%12)cc%11)c%11ccc(-c%12cccc%13c%12oc%12ccccc%12%13)cc%11)cc%10)cc9)cc8)cc7)cc6)cc5)c5ccc(-c6ccc(-n7c8ccccc8c8ccccc87)cc6)cc5)cc4)cccc23)CC1. The number of allylic oxidation sites excluding steroid dienone is 2. The van der Waals surface area contributed by atoms with Crippen LogP contribution in [0.4, 0.5) is 34.1 Å². The molecule has 0 spiro atoms. The van der Waals surface area contributed by atoms with Crippen LogP contribution in [-0.2, 0) is 25.7 Å². The highest BCUT2D eigenvalue weighted by atomic mass is 16.3. The van der Waals surface area contributed by atoms with Gasteiger partial charge in [-0.05, 0) is 242 Å². The molecular formula is C122H86N4O2. The van der Waals surface area contributed by atoms with Crippen molar-refractivity contribution in [2.24, 2.45) is 0 Å². The molecule has 0 atom stereocenters. The first kappa shape index (κ1) is 75.5. The Morgan fingerprint density at radius 3 is 0.953 bits per heavy atom. The zero-order chi connectivity index (χ0) is 84.5. The molecule has 24 rings (SSSR count). The van der Waals surface area contributed by atoms with E-state index >= 15 is 0 Å². The number of aromatic nitrogens is 2. The van der Waals surface area contributed by atoms with Crippen LogP contribution in [0.3, 0.4) is 0 Å². The average Bonchev–Trinajstić information content (AvgIpc) is 1.62. The Balaban J connectivity index is 0.439. The van der Waals surface area contributed by atoms with Crippen molar-refractivity contribution in [1.82, 2.24) is 9.13 Å². The molecule has 0 bridgehead atoms. The summed E-state index contributed by atoms with van der Waals surface area (Å²) in [7, 11) is 0. The van der Waals surface area contributed by atoms with Gasteiger partial charge in [0.2, 0.25) is 0 Å². The van der Waals surface area contributed by atoms with Crippen molar-refractivity contribution in [1.29, 1.82) is 0 Å². The molecule has 6 heteroatoms. The van der Waals surface area contributed by atoms with Crippen LogP contribution in [-0.4, -0.2) is 9.13 Å². The lowest BCUT2D eigenvalue weighted by Crippen LogP contribution is -2.09. The number of hydrogen-bond donors (Lipinski definition) is 0. The Kier molecular flexibility index (Phi) is 18.9. The molecule has 0 unspecified atom stereocenters. The highest BCUT2D eigenvalue weighted by Gasteiger charge is 2.24. The lowest BCUT2D eigenvalue weighted by Gasteiger charge is -2.26. The number of fused-ring (bicyclic) bond motifs is 12. The molecule has 0 aliphatic heterocycles. The molecule has 18 aromatic carbocycles. The van der Waals surface area contributed by atoms with Crippen molar-refractivity contribution in [2.45, 2.75) is 38.5 Å². The summed E-state index contributed by atoms with van der Waals surface area (Å²) in [6, 6.07) is 156. The first-order valence-electron chi connectivity index (χ1n) is 44.6. The second kappa shape index (κ2) is 32.1. The number of aryl methyl sites for hydroxylation is 3. The molecule has 0 fully saturated rings. The first-order valence-corrected chi connectivity index (χ1v) is 44.6. The molecule has 4 aromatic heterocycles. The van der Waals surface area contributed by atoms with E-state index in [1.165, 1.54) is 116 Å². The van der Waals surface area contributed by atoms with Gasteiger partial charge in [0, 0.05) is 112 Å². The fourth-order valence-corrected chi connectivity index (χ4v) is 19.9. The fourth-order valence-electron chi connectivity index (χ4n) is 19.9. The van der Waals surface area contributed by atoms with Gasteiger partial charge in [0.1, 0.15) is 22.5 Å². The molecule has 22 aromatic rings. The molecule has 4 heterocycles. The van der Waals surface area contributed by atoms with Crippen LogP contribution in [0.5, 0.6) is 0 Å². The van der Waals surface area contributed by atoms with Gasteiger partial charge < -0.3 is 27.8 Å². The molecule has 2 aliphatic carbocycles. The lowest BCUT2D eigenvalue weighted by atomic mass is 9.97. The van der Waals surface area contributed by atoms with Gasteiger partial charge in [0.15, 0.2) is 0 Å². The highest BCUT2D eigenvalue weighted by molar-refractivity contribution is 6.11. The zero-order valence-corrected chi connectivity index (χ0v) is 70.6. The van der Waals surface area contributed by atoms with Crippen LogP contribution in [0.1, 0.15) is 46.5 Å². The number of rotatable bonds is 19. The smallest absolute Gasteiger partial charge is 0.143 e. The third-order valence-electron chi connectivity index (χ3n) is 26.5. The van der Waals surface area contributed by atoms with Crippen molar-refractivity contribution < 1.29 is 8.83 Å². The maximum atomic E-state index is 6.60. The molecule has 0 saturated heterocycles. The summed E-state index contributed by atoms with van der Waals surface area (Å²) in [6.07, 6.45) is 15.0. The van der Waals surface area contributed by atoms with Crippen LogP contribution in [0.25, 0.3) is 178 Å². The predicted octanol–water partition coefficient (Wildman–Crippen LogP) is 33.4. The third kappa shape index (κ3) is 13.8. The van der Waals surface area contributed by atoms with Crippen LogP contribution in [0.15, 0.2) is 446 Å². The van der Waals surface area contributed by atoms with Gasteiger partial charge in [-0.2, -0.15) is 0 Å². The van der Waals surface area contributed by atoms with E-state index in [4.69, 9.17) is 8.83 Å². The molecule has 0 N–H and O–H groups in total. The summed E-state index contributed by atoms with van der Waals surface area (Å²) < 4.78 is 18.0. The summed E-state index contributed by atoms with van der Waals surface area (Å²) in [4.78, 5) is 4.72. The number of nitrogens with zero attached hydrogens (tertiary/aromatic N) is 4. The Labute approximate surface area is 744 Å². The van der Waals surface area contributed by atoms with Crippen LogP contribution >= 0.6 is 0 Å². The van der Waals surface area contributed by atoms with Gasteiger partial charge >= 0.3 is 0 Å². The van der Waals surface area contributed by atoms with E-state index in [1.807, 2.05) is 12.1 Å². The maximum absolute atomic E-state index is 6.60. The fraction of sp³-hybridized carbons (Fsp3) is 0.0492. The van der Waals surface area contributed by atoms with E-state index in [0.717, 1.165) is 156 Å². The van der Waals surface area contributed by atoms with Crippen LogP contribution in [0, 0.1) is 0 Å². The van der Waals surface area contributed by atoms with Gasteiger partial charge in [-0.15, -0.1) is 0 Å². The van der Waals surface area contributed by atoms with E-state index in [9.17, 15) is 0 Å². The summed E-state index contributed by atoms with van der Waals surface area (Å²) in [5.41, 5.74) is 40.3. The molecule has 128 heavy (non-hydrogen) atoms. The topological polar surface area (TPSA) is 42.6 Å². The molecule has 2 aliphatic rings. The zero-order valence-electron chi connectivity index (χ0n) is 70.6. The van der Waals surface area contributed by atoms with E-state index in [1.54, 1.807) is 0 Å². The predicted molar refractivity (Wildman–Crippen MR) is 536 cm³/mol. The molecule has 0 radical (unpaired) electrons. The van der Waals surface area contributed by atoms with Gasteiger partial charge in [-0.3, -0.25) is 0 Å². The average molecular weight is 1640 g/mol. The van der Waals surface area contributed by atoms with E-state index in [0.29, 0.717) is 0 Å². The normalized spacial score (nSPS) is 12.4. The Hall–Kier alpha value is -16.3. The van der Waals surface area contributed by atoms with Crippen molar-refractivity contribution in [3.05, 3.63) is 471 Å². The molecule has 606 valence electrons. The molecule has 0 amide bonds. The standard InChI is InChI=1S/C122H86N4O2/c1-7-25-115-107(15-1)108-16-2-8-26-116(108)125(115)103-73-57-93(58-74-103)91-53-69-99(70-54-91)123(101-77-61-95(62-78-101)105-21-13-23-113-111-19-5-11-29-119(111)127-121(105)113)97-65-49-89(50-66-97)87-45-41-85(42-46-87)83-37-33-81(34-38-83)31-32-82-35-39-84(40-36-82)86-43-47-88(48-44-86)90-51-67-98(68-52-90)124(102-79-63-96(64-80-102)106-22-14-24-114-112-20-6-12-30-120(112)128-122(106)114)100-71-55-92(56-72-100)94-59-75-104(76-60-94)126-117-27-9-3-17-109(117)110-18-4-10-28-118(110)126/h1-9,12-27,30,33-80H,10-11,28-29,31-32H2. The first-order chi connectivity index (χ1) is 63.4. The minimum Gasteiger partial charge on any atom is -0.460 e. The van der Waals surface area contributed by atoms with Gasteiger partial charge in [0.25, 0.3) is 0 Å². The summed E-state index contributed by atoms with van der Waals surface area (Å²) >= 11 is 0. The van der Waals surface area contributed by atoms with Crippen molar-refractivity contribution in [3.63, 3.8) is 0 Å². The van der Waals surface area contributed by atoms with Gasteiger partial charge in [-0.25, -0.2) is 0 Å². The Morgan fingerprint density at radius 2 is 0.531 bits per heavy atom. The van der Waals surface area contributed by atoms with Crippen molar-refractivity contribution in [2.75, 3.05) is 9.80 Å². The summed E-state index contributed by atoms with van der Waals surface area (Å²) in [5.74, 6) is 1.07. The Bertz CT molecular complexity index is 7940. The number of furan rings is 2. The quantitative estimate of drug-likeness (QED) is 0.0809. The summed E-state index contributed by atoms with van der Waals surface area (Å²) in [6.45, 7) is 0. The number of benzene rings is 18. The van der Waals surface area contributed by atoms with E-state index in [-0.39, 0.29) is 0 Å². The summed E-state index contributed by atoms with van der Waals surface area (Å²) in [5, 5.41) is 7.25. The minimum absolute atomic E-state index is 0.897. The van der Waals surface area contributed by atoms with Crippen molar-refractivity contribution >= 4 is 112 Å². The van der Waals surface area contributed by atoms with Crippen molar-refractivity contribution in [3.8, 4) is 100 Å². The largest absolute Gasteiger partial charge is 0.460 e. The second-order valence-electron chi connectivity index (χ2n) is 34.0. The van der Waals surface area contributed by atoms with Crippen LogP contribution in [0.2, 0.25) is 0 Å².